The van der Waals surface area contributed by atoms with Gasteiger partial charge in [-0.2, -0.15) is 0 Å². The number of nitrogens with two attached hydrogens (primary N) is 1. The van der Waals surface area contributed by atoms with Crippen LogP contribution in [0.25, 0.3) is 0 Å². The SMILES string of the molecule is NC(=O)C(=O)N1CCN(C(=O)c2cc(O)ccc2Br)CC1. The Morgan fingerprint density at radius 3 is 2.24 bits per heavy atom. The molecule has 0 aromatic heterocycles. The van der Waals surface area contributed by atoms with E-state index in [-0.39, 0.29) is 24.7 Å². The first-order chi connectivity index (χ1) is 9.90. The number of benzene rings is 1. The maximum atomic E-state index is 12.4. The normalized spacial score (nSPS) is 14.9. The number of phenolic OH excluding ortho intramolecular Hbond substituents is 1. The summed E-state index contributed by atoms with van der Waals surface area (Å²) in [6, 6.07) is 4.45. The van der Waals surface area contributed by atoms with Gasteiger partial charge in [0.2, 0.25) is 0 Å². The van der Waals surface area contributed by atoms with E-state index in [1.54, 1.807) is 11.0 Å². The maximum Gasteiger partial charge on any atom is 0.311 e. The zero-order chi connectivity index (χ0) is 15.6. The minimum absolute atomic E-state index is 0.00379. The molecule has 0 atom stereocenters. The lowest BCUT2D eigenvalue weighted by atomic mass is 10.1. The van der Waals surface area contributed by atoms with Gasteiger partial charge in [0.05, 0.1) is 5.56 Å². The van der Waals surface area contributed by atoms with E-state index < -0.39 is 11.8 Å². The van der Waals surface area contributed by atoms with Gasteiger partial charge in [-0.3, -0.25) is 14.4 Å². The van der Waals surface area contributed by atoms with Gasteiger partial charge in [0, 0.05) is 30.7 Å². The topological polar surface area (TPSA) is 104 Å². The molecule has 1 aliphatic heterocycles. The lowest BCUT2D eigenvalue weighted by Crippen LogP contribution is -2.53. The average molecular weight is 356 g/mol. The van der Waals surface area contributed by atoms with Gasteiger partial charge in [0.25, 0.3) is 5.91 Å². The monoisotopic (exact) mass is 355 g/mol. The molecule has 1 aromatic rings. The predicted molar refractivity (Wildman–Crippen MR) is 77.5 cm³/mol. The number of rotatable bonds is 1. The highest BCUT2D eigenvalue weighted by Crippen LogP contribution is 2.23. The van der Waals surface area contributed by atoms with Gasteiger partial charge in [-0.15, -0.1) is 0 Å². The number of nitrogens with zero attached hydrogens (tertiary/aromatic N) is 2. The zero-order valence-corrected chi connectivity index (χ0v) is 12.7. The summed E-state index contributed by atoms with van der Waals surface area (Å²) in [6.45, 7) is 1.12. The Kier molecular flexibility index (Phi) is 4.46. The first-order valence-electron chi connectivity index (χ1n) is 6.26. The number of phenols is 1. The molecule has 0 aliphatic carbocycles. The second-order valence-corrected chi connectivity index (χ2v) is 5.47. The van der Waals surface area contributed by atoms with Crippen molar-refractivity contribution in [3.05, 3.63) is 28.2 Å². The Morgan fingerprint density at radius 2 is 1.67 bits per heavy atom. The first-order valence-corrected chi connectivity index (χ1v) is 7.06. The molecule has 8 heteroatoms. The number of aromatic hydroxyl groups is 1. The van der Waals surface area contributed by atoms with Crippen LogP contribution in [0.1, 0.15) is 10.4 Å². The summed E-state index contributed by atoms with van der Waals surface area (Å²) in [6.07, 6.45) is 0. The number of amides is 3. The van der Waals surface area contributed by atoms with Crippen LogP contribution in [0.5, 0.6) is 5.75 Å². The molecular formula is C13H14BrN3O4. The summed E-state index contributed by atoms with van der Waals surface area (Å²) in [5.41, 5.74) is 5.30. The molecule has 1 fully saturated rings. The lowest BCUT2D eigenvalue weighted by molar-refractivity contribution is -0.145. The summed E-state index contributed by atoms with van der Waals surface area (Å²) < 4.78 is 0.584. The van der Waals surface area contributed by atoms with Crippen LogP contribution in [0.4, 0.5) is 0 Å². The van der Waals surface area contributed by atoms with Crippen LogP contribution in [0.15, 0.2) is 22.7 Å². The molecule has 2 rings (SSSR count). The van der Waals surface area contributed by atoms with Crippen molar-refractivity contribution in [2.24, 2.45) is 5.73 Å². The van der Waals surface area contributed by atoms with E-state index in [4.69, 9.17) is 5.73 Å². The molecule has 3 amide bonds. The van der Waals surface area contributed by atoms with Crippen molar-refractivity contribution in [3.63, 3.8) is 0 Å². The van der Waals surface area contributed by atoms with Crippen LogP contribution < -0.4 is 5.73 Å². The third-order valence-corrected chi connectivity index (χ3v) is 3.94. The van der Waals surface area contributed by atoms with Crippen molar-refractivity contribution >= 4 is 33.7 Å². The van der Waals surface area contributed by atoms with Crippen LogP contribution in [0.3, 0.4) is 0 Å². The van der Waals surface area contributed by atoms with Gasteiger partial charge in [0.15, 0.2) is 0 Å². The van der Waals surface area contributed by atoms with Crippen molar-refractivity contribution < 1.29 is 19.5 Å². The molecule has 0 radical (unpaired) electrons. The molecule has 7 nitrogen and oxygen atoms in total. The summed E-state index contributed by atoms with van der Waals surface area (Å²) in [7, 11) is 0. The van der Waals surface area contributed by atoms with E-state index in [2.05, 4.69) is 15.9 Å². The fourth-order valence-electron chi connectivity index (χ4n) is 2.12. The number of carbonyl (C=O) groups excluding carboxylic acids is 3. The molecule has 3 N–H and O–H groups in total. The van der Waals surface area contributed by atoms with Crippen molar-refractivity contribution in [2.75, 3.05) is 26.2 Å². The smallest absolute Gasteiger partial charge is 0.311 e. The van der Waals surface area contributed by atoms with Gasteiger partial charge in [-0.05, 0) is 34.1 Å². The third kappa shape index (κ3) is 3.33. The van der Waals surface area contributed by atoms with Gasteiger partial charge in [0.1, 0.15) is 5.75 Å². The zero-order valence-electron chi connectivity index (χ0n) is 11.1. The van der Waals surface area contributed by atoms with Crippen molar-refractivity contribution in [1.82, 2.24) is 9.80 Å². The number of halogens is 1. The number of primary amides is 1. The van der Waals surface area contributed by atoms with Crippen molar-refractivity contribution in [1.29, 1.82) is 0 Å². The molecule has 0 unspecified atom stereocenters. The quantitative estimate of drug-likeness (QED) is 0.687. The molecule has 1 heterocycles. The molecule has 0 spiro atoms. The summed E-state index contributed by atoms with van der Waals surface area (Å²) in [4.78, 5) is 37.5. The van der Waals surface area contributed by atoms with E-state index in [0.717, 1.165) is 0 Å². The van der Waals surface area contributed by atoms with E-state index in [1.165, 1.54) is 17.0 Å². The fraction of sp³-hybridized carbons (Fsp3) is 0.308. The predicted octanol–water partition coefficient (Wildman–Crippen LogP) is -0.0756. The van der Waals surface area contributed by atoms with Gasteiger partial charge in [-0.25, -0.2) is 0 Å². The van der Waals surface area contributed by atoms with Crippen LogP contribution >= 0.6 is 15.9 Å². The summed E-state index contributed by atoms with van der Waals surface area (Å²) in [5.74, 6) is -1.97. The van der Waals surface area contributed by atoms with E-state index in [9.17, 15) is 19.5 Å². The van der Waals surface area contributed by atoms with Gasteiger partial charge < -0.3 is 20.6 Å². The standard InChI is InChI=1S/C13H14BrN3O4/c14-10-2-1-8(18)7-9(10)12(20)16-3-5-17(6-4-16)13(21)11(15)19/h1-2,7,18H,3-6H2,(H2,15,19). The molecule has 1 saturated heterocycles. The van der Waals surface area contributed by atoms with E-state index in [0.29, 0.717) is 23.1 Å². The van der Waals surface area contributed by atoms with Gasteiger partial charge in [-0.1, -0.05) is 0 Å². The van der Waals surface area contributed by atoms with E-state index in [1.807, 2.05) is 0 Å². The highest BCUT2D eigenvalue weighted by molar-refractivity contribution is 9.10. The van der Waals surface area contributed by atoms with E-state index >= 15 is 0 Å². The number of carbonyl (C=O) groups is 3. The minimum Gasteiger partial charge on any atom is -0.508 e. The lowest BCUT2D eigenvalue weighted by Gasteiger charge is -2.34. The average Bonchev–Trinajstić information content (AvgIpc) is 2.48. The molecule has 1 aromatic carbocycles. The second-order valence-electron chi connectivity index (χ2n) is 4.61. The molecule has 0 bridgehead atoms. The van der Waals surface area contributed by atoms with Gasteiger partial charge >= 0.3 is 11.8 Å². The maximum absolute atomic E-state index is 12.4. The Hall–Kier alpha value is -2.09. The Balaban J connectivity index is 2.05. The molecule has 21 heavy (non-hydrogen) atoms. The summed E-state index contributed by atoms with van der Waals surface area (Å²) in [5, 5.41) is 9.46. The number of hydrogen-bond donors (Lipinski definition) is 2. The van der Waals surface area contributed by atoms with Crippen LogP contribution in [-0.2, 0) is 9.59 Å². The highest BCUT2D eigenvalue weighted by Gasteiger charge is 2.27. The number of piperazine rings is 1. The van der Waals surface area contributed by atoms with Crippen LogP contribution in [-0.4, -0.2) is 58.8 Å². The Morgan fingerprint density at radius 1 is 1.10 bits per heavy atom. The molecule has 0 saturated carbocycles. The molecule has 1 aliphatic rings. The Bertz CT molecular complexity index is 597. The fourth-order valence-corrected chi connectivity index (χ4v) is 2.53. The largest absolute Gasteiger partial charge is 0.508 e. The highest BCUT2D eigenvalue weighted by atomic mass is 79.9. The van der Waals surface area contributed by atoms with Crippen LogP contribution in [0, 0.1) is 0 Å². The minimum atomic E-state index is -0.995. The third-order valence-electron chi connectivity index (χ3n) is 3.25. The van der Waals surface area contributed by atoms with Crippen molar-refractivity contribution in [2.45, 2.75) is 0 Å². The molecule has 112 valence electrons. The van der Waals surface area contributed by atoms with Crippen LogP contribution in [0.2, 0.25) is 0 Å². The second kappa shape index (κ2) is 6.13. The summed E-state index contributed by atoms with van der Waals surface area (Å²) >= 11 is 3.27. The molecular weight excluding hydrogens is 342 g/mol. The van der Waals surface area contributed by atoms with Crippen molar-refractivity contribution in [3.8, 4) is 5.75 Å². The Labute approximate surface area is 129 Å². The number of hydrogen-bond acceptors (Lipinski definition) is 4. The first kappa shape index (κ1) is 15.3.